The normalized spacial score (nSPS) is 10.8. The number of benzene rings is 1. The summed E-state index contributed by atoms with van der Waals surface area (Å²) < 4.78 is 10.8. The number of aliphatic hydroxyl groups is 1. The fraction of sp³-hybridized carbons (Fsp3) is 0.600. The van der Waals surface area contributed by atoms with Crippen molar-refractivity contribution >= 4 is 11.6 Å². The molecule has 2 N–H and O–H groups in total. The molecule has 0 atom stereocenters. The molecule has 0 amide bonds. The molecule has 0 aliphatic heterocycles. The first kappa shape index (κ1) is 17.2. The van der Waals surface area contributed by atoms with Crippen LogP contribution in [0.3, 0.4) is 0 Å². The summed E-state index contributed by atoms with van der Waals surface area (Å²) in [5.74, 6) is 0.825. The minimum atomic E-state index is 0.242. The van der Waals surface area contributed by atoms with Gasteiger partial charge >= 0.3 is 0 Å². The average molecular weight is 302 g/mol. The third kappa shape index (κ3) is 6.57. The molecule has 0 spiro atoms. The lowest BCUT2D eigenvalue weighted by Gasteiger charge is -2.13. The van der Waals surface area contributed by atoms with Gasteiger partial charge in [-0.15, -0.1) is 0 Å². The van der Waals surface area contributed by atoms with Crippen LogP contribution in [0.25, 0.3) is 0 Å². The lowest BCUT2D eigenvalue weighted by atomic mass is 10.2. The van der Waals surface area contributed by atoms with Crippen molar-refractivity contribution < 1.29 is 14.6 Å². The summed E-state index contributed by atoms with van der Waals surface area (Å²) in [5, 5.41) is 12.7. The largest absolute Gasteiger partial charge is 0.493 e. The van der Waals surface area contributed by atoms with Gasteiger partial charge in [-0.1, -0.05) is 17.7 Å². The van der Waals surface area contributed by atoms with Crippen LogP contribution in [0, 0.1) is 0 Å². The van der Waals surface area contributed by atoms with Crippen LogP contribution in [0.4, 0.5) is 0 Å². The zero-order valence-corrected chi connectivity index (χ0v) is 12.8. The Labute approximate surface area is 126 Å². The summed E-state index contributed by atoms with van der Waals surface area (Å²) in [4.78, 5) is 0. The predicted octanol–water partition coefficient (Wildman–Crippen LogP) is 2.62. The molecular formula is C15H24ClNO3. The fourth-order valence-electron chi connectivity index (χ4n) is 1.81. The van der Waals surface area contributed by atoms with Gasteiger partial charge in [0, 0.05) is 37.4 Å². The molecule has 0 radical (unpaired) electrons. The molecule has 4 nitrogen and oxygen atoms in total. The molecule has 0 fully saturated rings. The zero-order chi connectivity index (χ0) is 14.6. The van der Waals surface area contributed by atoms with Gasteiger partial charge in [0.25, 0.3) is 0 Å². The first-order valence-corrected chi connectivity index (χ1v) is 7.38. The van der Waals surface area contributed by atoms with Gasteiger partial charge < -0.3 is 19.9 Å². The minimum absolute atomic E-state index is 0.242. The van der Waals surface area contributed by atoms with E-state index in [2.05, 4.69) is 5.32 Å². The number of nitrogens with one attached hydrogen (secondary N) is 1. The molecule has 0 aliphatic carbocycles. The monoisotopic (exact) mass is 301 g/mol. The Bertz CT molecular complexity index is 374. The van der Waals surface area contributed by atoms with Crippen LogP contribution in [0.2, 0.25) is 5.02 Å². The van der Waals surface area contributed by atoms with Gasteiger partial charge in [-0.2, -0.15) is 0 Å². The van der Waals surface area contributed by atoms with E-state index in [4.69, 9.17) is 26.2 Å². The molecular weight excluding hydrogens is 278 g/mol. The van der Waals surface area contributed by atoms with Crippen LogP contribution in [-0.4, -0.2) is 38.6 Å². The number of rotatable bonds is 11. The first-order chi connectivity index (χ1) is 9.79. The maximum Gasteiger partial charge on any atom is 0.125 e. The van der Waals surface area contributed by atoms with Crippen molar-refractivity contribution in [2.24, 2.45) is 0 Å². The fourth-order valence-corrected chi connectivity index (χ4v) is 2.04. The average Bonchev–Trinajstić information content (AvgIpc) is 2.45. The number of aliphatic hydroxyl groups excluding tert-OH is 1. The van der Waals surface area contributed by atoms with Gasteiger partial charge in [0.05, 0.1) is 13.2 Å². The van der Waals surface area contributed by atoms with E-state index >= 15 is 0 Å². The van der Waals surface area contributed by atoms with E-state index in [1.807, 2.05) is 18.2 Å². The number of halogens is 1. The third-order valence-corrected chi connectivity index (χ3v) is 3.27. The molecule has 114 valence electrons. The molecule has 0 heterocycles. The van der Waals surface area contributed by atoms with E-state index in [1.54, 1.807) is 7.11 Å². The summed E-state index contributed by atoms with van der Waals surface area (Å²) in [7, 11) is 1.68. The number of hydrogen-bond donors (Lipinski definition) is 2. The van der Waals surface area contributed by atoms with Crippen molar-refractivity contribution in [3.63, 3.8) is 0 Å². The van der Waals surface area contributed by atoms with Crippen molar-refractivity contribution in [1.82, 2.24) is 5.32 Å². The summed E-state index contributed by atoms with van der Waals surface area (Å²) in [6.07, 6.45) is 2.73. The topological polar surface area (TPSA) is 50.7 Å². The molecule has 5 heteroatoms. The summed E-state index contributed by atoms with van der Waals surface area (Å²) >= 11 is 6.22. The van der Waals surface area contributed by atoms with Gasteiger partial charge in [-0.3, -0.25) is 0 Å². The molecule has 1 aromatic carbocycles. The minimum Gasteiger partial charge on any atom is -0.493 e. The van der Waals surface area contributed by atoms with Gasteiger partial charge in [-0.25, -0.2) is 0 Å². The highest BCUT2D eigenvalue weighted by Crippen LogP contribution is 2.26. The van der Waals surface area contributed by atoms with E-state index in [1.165, 1.54) is 0 Å². The number of methoxy groups -OCH3 is 1. The second-order valence-electron chi connectivity index (χ2n) is 4.52. The molecule has 1 aromatic rings. The second-order valence-corrected chi connectivity index (χ2v) is 4.93. The Balaban J connectivity index is 2.45. The highest BCUT2D eigenvalue weighted by Gasteiger charge is 2.07. The lowest BCUT2D eigenvalue weighted by molar-refractivity contribution is 0.199. The Morgan fingerprint density at radius 1 is 1.20 bits per heavy atom. The van der Waals surface area contributed by atoms with Crippen LogP contribution in [0.15, 0.2) is 18.2 Å². The standard InChI is InChI=1S/C15H24ClNO3/c1-19-11-8-17-12-13-14(16)6-5-7-15(13)20-10-4-2-3-9-18/h5-7,17-18H,2-4,8-12H2,1H3. The van der Waals surface area contributed by atoms with Crippen LogP contribution >= 0.6 is 11.6 Å². The second kappa shape index (κ2) is 10.9. The van der Waals surface area contributed by atoms with Crippen molar-refractivity contribution in [1.29, 1.82) is 0 Å². The van der Waals surface area contributed by atoms with E-state index < -0.39 is 0 Å². The van der Waals surface area contributed by atoms with Gasteiger partial charge in [0.1, 0.15) is 5.75 Å². The highest BCUT2D eigenvalue weighted by atomic mass is 35.5. The van der Waals surface area contributed by atoms with Crippen LogP contribution in [0.1, 0.15) is 24.8 Å². The quantitative estimate of drug-likeness (QED) is 0.617. The van der Waals surface area contributed by atoms with Crippen LogP contribution < -0.4 is 10.1 Å². The van der Waals surface area contributed by atoms with Crippen LogP contribution in [0.5, 0.6) is 5.75 Å². The predicted molar refractivity (Wildman–Crippen MR) is 81.5 cm³/mol. The van der Waals surface area contributed by atoms with E-state index in [0.717, 1.165) is 37.1 Å². The van der Waals surface area contributed by atoms with Crippen molar-refractivity contribution in [2.45, 2.75) is 25.8 Å². The molecule has 0 aliphatic rings. The Morgan fingerprint density at radius 3 is 2.80 bits per heavy atom. The smallest absolute Gasteiger partial charge is 0.125 e. The number of unbranched alkanes of at least 4 members (excludes halogenated alkanes) is 2. The highest BCUT2D eigenvalue weighted by molar-refractivity contribution is 6.31. The number of ether oxygens (including phenoxy) is 2. The van der Waals surface area contributed by atoms with Crippen molar-refractivity contribution in [3.8, 4) is 5.75 Å². The molecule has 0 saturated heterocycles. The maximum absolute atomic E-state index is 8.73. The molecule has 0 aromatic heterocycles. The first-order valence-electron chi connectivity index (χ1n) is 7.00. The van der Waals surface area contributed by atoms with Gasteiger partial charge in [0.2, 0.25) is 0 Å². The summed E-state index contributed by atoms with van der Waals surface area (Å²) in [6.45, 7) is 2.99. The molecule has 0 saturated carbocycles. The van der Waals surface area contributed by atoms with E-state index in [0.29, 0.717) is 24.8 Å². The Morgan fingerprint density at radius 2 is 2.05 bits per heavy atom. The maximum atomic E-state index is 8.73. The molecule has 20 heavy (non-hydrogen) atoms. The Hall–Kier alpha value is -0.810. The van der Waals surface area contributed by atoms with E-state index in [-0.39, 0.29) is 6.61 Å². The molecule has 0 unspecified atom stereocenters. The van der Waals surface area contributed by atoms with Gasteiger partial charge in [-0.05, 0) is 31.4 Å². The third-order valence-electron chi connectivity index (χ3n) is 2.92. The number of hydrogen-bond acceptors (Lipinski definition) is 4. The summed E-state index contributed by atoms with van der Waals surface area (Å²) in [6, 6.07) is 5.70. The SMILES string of the molecule is COCCNCc1c(Cl)cccc1OCCCCCO. The van der Waals surface area contributed by atoms with Crippen molar-refractivity contribution in [2.75, 3.05) is 33.5 Å². The van der Waals surface area contributed by atoms with Crippen LogP contribution in [-0.2, 0) is 11.3 Å². The zero-order valence-electron chi connectivity index (χ0n) is 12.0. The molecule has 0 bridgehead atoms. The lowest BCUT2D eigenvalue weighted by Crippen LogP contribution is -2.19. The summed E-state index contributed by atoms with van der Waals surface area (Å²) in [5.41, 5.74) is 0.979. The van der Waals surface area contributed by atoms with E-state index in [9.17, 15) is 0 Å². The molecule has 1 rings (SSSR count). The van der Waals surface area contributed by atoms with Crippen molar-refractivity contribution in [3.05, 3.63) is 28.8 Å². The Kier molecular flexibility index (Phi) is 9.41. The van der Waals surface area contributed by atoms with Gasteiger partial charge in [0.15, 0.2) is 0 Å².